The Kier molecular flexibility index (Phi) is 9.95. The van der Waals surface area contributed by atoms with Gasteiger partial charge in [-0.05, 0) is 90.3 Å². The molecule has 0 saturated heterocycles. The number of esters is 3. The molecule has 3 aromatic carbocycles. The minimum absolute atomic E-state index is 0.0769. The fourth-order valence-electron chi connectivity index (χ4n) is 5.04. The largest absolute Gasteiger partial charge is 0.458 e. The molecule has 0 radical (unpaired) electrons. The van der Waals surface area contributed by atoms with E-state index >= 15 is 0 Å². The summed E-state index contributed by atoms with van der Waals surface area (Å²) in [6.07, 6.45) is 4.12. The van der Waals surface area contributed by atoms with Crippen LogP contribution in [0.4, 0.5) is 0 Å². The van der Waals surface area contributed by atoms with Crippen molar-refractivity contribution in [2.45, 2.75) is 46.1 Å². The van der Waals surface area contributed by atoms with Crippen molar-refractivity contribution in [1.82, 2.24) is 0 Å². The molecule has 3 atom stereocenters. The highest BCUT2D eigenvalue weighted by Gasteiger charge is 2.33. The molecule has 7 nitrogen and oxygen atoms in total. The Balaban J connectivity index is 1.31. The minimum Gasteiger partial charge on any atom is -0.458 e. The van der Waals surface area contributed by atoms with Crippen molar-refractivity contribution in [3.05, 3.63) is 96.6 Å². The van der Waals surface area contributed by atoms with Gasteiger partial charge in [-0.3, -0.25) is 0 Å². The van der Waals surface area contributed by atoms with Gasteiger partial charge >= 0.3 is 17.9 Å². The zero-order valence-electron chi connectivity index (χ0n) is 23.7. The second-order valence-corrected chi connectivity index (χ2v) is 10.7. The van der Waals surface area contributed by atoms with Crippen LogP contribution in [0.5, 0.6) is 11.5 Å². The number of carbonyl (C=O) groups is 3. The highest BCUT2D eigenvalue weighted by atomic mass is 16.7. The molecule has 0 amide bonds. The fourth-order valence-corrected chi connectivity index (χ4v) is 5.04. The average molecular weight is 557 g/mol. The van der Waals surface area contributed by atoms with E-state index in [0.717, 1.165) is 30.0 Å². The molecule has 0 aromatic heterocycles. The third-order valence-corrected chi connectivity index (χ3v) is 7.42. The minimum atomic E-state index is -0.554. The molecule has 4 rings (SSSR count). The molecular formula is C34H36O7. The van der Waals surface area contributed by atoms with Gasteiger partial charge in [0.1, 0.15) is 17.6 Å². The smallest absolute Gasteiger partial charge is 0.343 e. The summed E-state index contributed by atoms with van der Waals surface area (Å²) >= 11 is 0. The van der Waals surface area contributed by atoms with Crippen LogP contribution in [0, 0.1) is 17.8 Å². The van der Waals surface area contributed by atoms with Crippen LogP contribution in [0.25, 0.3) is 11.1 Å². The second-order valence-electron chi connectivity index (χ2n) is 10.7. The van der Waals surface area contributed by atoms with Gasteiger partial charge in [-0.1, -0.05) is 58.0 Å². The number of ether oxygens (including phenoxy) is 4. The highest BCUT2D eigenvalue weighted by Crippen LogP contribution is 2.35. The van der Waals surface area contributed by atoms with Gasteiger partial charge in [0, 0.05) is 6.08 Å². The van der Waals surface area contributed by atoms with E-state index in [2.05, 4.69) is 27.4 Å². The lowest BCUT2D eigenvalue weighted by molar-refractivity contribution is -0.144. The monoisotopic (exact) mass is 556 g/mol. The molecule has 0 bridgehead atoms. The van der Waals surface area contributed by atoms with E-state index in [4.69, 9.17) is 18.9 Å². The normalized spacial score (nSPS) is 18.3. The standard InChI is InChI=1S/C34H36O7/c1-5-32(35)39-21-38-28-15-11-25(12-16-28)24-7-9-26(10-8-24)33(36)40-29-17-13-27(14-18-29)34(37)41-31-20-23(4)6-19-30(31)22(2)3/h5,7-18,22-23,30-31H,1,6,19-21H2,2-4H3. The van der Waals surface area contributed by atoms with Crippen LogP contribution in [0.15, 0.2) is 85.5 Å². The molecule has 41 heavy (non-hydrogen) atoms. The molecule has 214 valence electrons. The molecule has 0 spiro atoms. The van der Waals surface area contributed by atoms with Crippen molar-refractivity contribution in [1.29, 1.82) is 0 Å². The van der Waals surface area contributed by atoms with Gasteiger partial charge < -0.3 is 18.9 Å². The van der Waals surface area contributed by atoms with Crippen molar-refractivity contribution in [2.24, 2.45) is 17.8 Å². The van der Waals surface area contributed by atoms with Crippen LogP contribution in [-0.2, 0) is 14.3 Å². The van der Waals surface area contributed by atoms with Crippen molar-refractivity contribution in [3.8, 4) is 22.6 Å². The summed E-state index contributed by atoms with van der Waals surface area (Å²) in [5, 5.41) is 0. The number of hydrogen-bond donors (Lipinski definition) is 0. The van der Waals surface area contributed by atoms with Gasteiger partial charge in [0.15, 0.2) is 0 Å². The van der Waals surface area contributed by atoms with Crippen molar-refractivity contribution < 1.29 is 33.3 Å². The van der Waals surface area contributed by atoms with Gasteiger partial charge in [0.25, 0.3) is 0 Å². The first-order valence-corrected chi connectivity index (χ1v) is 13.9. The summed E-state index contributed by atoms with van der Waals surface area (Å²) in [5.41, 5.74) is 2.66. The van der Waals surface area contributed by atoms with Crippen molar-refractivity contribution in [2.75, 3.05) is 6.79 Å². The summed E-state index contributed by atoms with van der Waals surface area (Å²) < 4.78 is 21.6. The molecule has 1 aliphatic rings. The van der Waals surface area contributed by atoms with Gasteiger partial charge in [0.2, 0.25) is 6.79 Å². The van der Waals surface area contributed by atoms with E-state index in [-0.39, 0.29) is 18.9 Å². The average Bonchev–Trinajstić information content (AvgIpc) is 2.97. The number of rotatable bonds is 10. The first-order chi connectivity index (χ1) is 19.7. The molecule has 3 unspecified atom stereocenters. The molecule has 0 aliphatic heterocycles. The first-order valence-electron chi connectivity index (χ1n) is 13.9. The Morgan fingerprint density at radius 1 is 0.829 bits per heavy atom. The van der Waals surface area contributed by atoms with E-state index in [1.165, 1.54) is 6.42 Å². The lowest BCUT2D eigenvalue weighted by atomic mass is 9.75. The number of benzene rings is 3. The van der Waals surface area contributed by atoms with Gasteiger partial charge in [0.05, 0.1) is 11.1 Å². The number of hydrogen-bond acceptors (Lipinski definition) is 7. The Hall–Kier alpha value is -4.39. The molecule has 1 saturated carbocycles. The molecule has 3 aromatic rings. The highest BCUT2D eigenvalue weighted by molar-refractivity contribution is 5.92. The Labute approximate surface area is 241 Å². The first kappa shape index (κ1) is 29.6. The maximum atomic E-state index is 12.8. The second kappa shape index (κ2) is 13.8. The predicted octanol–water partition coefficient (Wildman–Crippen LogP) is 7.26. The molecule has 1 fully saturated rings. The summed E-state index contributed by atoms with van der Waals surface area (Å²) in [6, 6.07) is 20.8. The summed E-state index contributed by atoms with van der Waals surface area (Å²) in [6.45, 7) is 9.69. The molecule has 7 heteroatoms. The fraction of sp³-hybridized carbons (Fsp3) is 0.324. The van der Waals surface area contributed by atoms with Gasteiger partial charge in [-0.15, -0.1) is 0 Å². The molecule has 0 N–H and O–H groups in total. The van der Waals surface area contributed by atoms with Crippen LogP contribution in [0.3, 0.4) is 0 Å². The zero-order valence-corrected chi connectivity index (χ0v) is 23.7. The SMILES string of the molecule is C=CC(=O)OCOc1ccc(-c2ccc(C(=O)Oc3ccc(C(=O)OC4CC(C)CCC4C(C)C)cc3)cc2)cc1. The van der Waals surface area contributed by atoms with Crippen LogP contribution in [0.2, 0.25) is 0 Å². The van der Waals surface area contributed by atoms with Crippen molar-refractivity contribution >= 4 is 17.9 Å². The number of carbonyl (C=O) groups excluding carboxylic acids is 3. The lowest BCUT2D eigenvalue weighted by Crippen LogP contribution is -2.35. The Morgan fingerprint density at radius 3 is 2.00 bits per heavy atom. The van der Waals surface area contributed by atoms with E-state index in [1.54, 1.807) is 48.5 Å². The van der Waals surface area contributed by atoms with Crippen LogP contribution >= 0.6 is 0 Å². The van der Waals surface area contributed by atoms with E-state index in [1.807, 2.05) is 24.3 Å². The van der Waals surface area contributed by atoms with Gasteiger partial charge in [-0.2, -0.15) is 0 Å². The third kappa shape index (κ3) is 8.07. The predicted molar refractivity (Wildman–Crippen MR) is 156 cm³/mol. The quantitative estimate of drug-likeness (QED) is 0.112. The van der Waals surface area contributed by atoms with E-state index in [0.29, 0.717) is 40.4 Å². The molecule has 0 heterocycles. The Morgan fingerprint density at radius 2 is 1.39 bits per heavy atom. The van der Waals surface area contributed by atoms with Crippen LogP contribution < -0.4 is 9.47 Å². The van der Waals surface area contributed by atoms with Crippen LogP contribution in [-0.4, -0.2) is 30.8 Å². The van der Waals surface area contributed by atoms with Crippen LogP contribution in [0.1, 0.15) is 60.7 Å². The van der Waals surface area contributed by atoms with Gasteiger partial charge in [-0.25, -0.2) is 14.4 Å². The maximum Gasteiger partial charge on any atom is 0.343 e. The van der Waals surface area contributed by atoms with E-state index in [9.17, 15) is 14.4 Å². The van der Waals surface area contributed by atoms with Crippen molar-refractivity contribution in [3.63, 3.8) is 0 Å². The summed E-state index contributed by atoms with van der Waals surface area (Å²) in [5.74, 6) is 0.862. The Bertz CT molecular complexity index is 1340. The maximum absolute atomic E-state index is 12.8. The summed E-state index contributed by atoms with van der Waals surface area (Å²) in [7, 11) is 0. The zero-order chi connectivity index (χ0) is 29.4. The topological polar surface area (TPSA) is 88.1 Å². The van der Waals surface area contributed by atoms with E-state index < -0.39 is 11.9 Å². The lowest BCUT2D eigenvalue weighted by Gasteiger charge is -2.36. The molecule has 1 aliphatic carbocycles. The summed E-state index contributed by atoms with van der Waals surface area (Å²) in [4.78, 5) is 36.6. The molecular weight excluding hydrogens is 520 g/mol. The third-order valence-electron chi connectivity index (χ3n) is 7.42.